The number of imidazole rings is 1. The topological polar surface area (TPSA) is 310 Å². The maximum Gasteiger partial charge on any atom is 0.280 e. The van der Waals surface area contributed by atoms with Crippen molar-refractivity contribution in [1.29, 1.82) is 0 Å². The van der Waals surface area contributed by atoms with Gasteiger partial charge in [-0.2, -0.15) is 4.98 Å². The predicted octanol–water partition coefficient (Wildman–Crippen LogP) is -3.87. The second-order valence-electron chi connectivity index (χ2n) is 6.87. The Kier molecular flexibility index (Phi) is 7.54. The van der Waals surface area contributed by atoms with Gasteiger partial charge in [-0.3, -0.25) is 27.8 Å². The van der Waals surface area contributed by atoms with Crippen LogP contribution in [0.2, 0.25) is 0 Å². The number of aliphatic hydroxyl groups is 2. The number of aromatic amines is 1. The van der Waals surface area contributed by atoms with Gasteiger partial charge in [-0.05, 0) is 6.92 Å². The number of ether oxygens (including phenoxy) is 1. The summed E-state index contributed by atoms with van der Waals surface area (Å²) in [6, 6.07) is 0. The number of nitrogens with two attached hydrogens (primary N) is 1. The van der Waals surface area contributed by atoms with E-state index in [0.29, 0.717) is 0 Å². The quantitative estimate of drug-likeness (QED) is 0.120. The molecule has 3 rings (SSSR count). The first-order chi connectivity index (χ1) is 15.3. The van der Waals surface area contributed by atoms with Crippen LogP contribution in [0.3, 0.4) is 0 Å². The van der Waals surface area contributed by atoms with Crippen molar-refractivity contribution in [1.82, 2.24) is 19.5 Å². The molecule has 0 spiro atoms. The molecule has 1 aliphatic heterocycles. The molecule has 0 aliphatic carbocycles. The number of fused-ring (bicyclic) bond motifs is 1. The normalized spacial score (nSPS) is 29.2. The number of aromatic nitrogens is 4. The van der Waals surface area contributed by atoms with Crippen molar-refractivity contribution in [3.63, 3.8) is 0 Å². The van der Waals surface area contributed by atoms with Crippen LogP contribution in [0.5, 0.6) is 0 Å². The summed E-state index contributed by atoms with van der Waals surface area (Å²) in [4.78, 5) is 65.9. The number of nitrogens with zero attached hydrogens (tertiary/aromatic N) is 3. The van der Waals surface area contributed by atoms with Crippen LogP contribution < -0.4 is 30.9 Å². The second kappa shape index (κ2) is 9.24. The van der Waals surface area contributed by atoms with E-state index in [1.165, 1.54) is 0 Å². The van der Waals surface area contributed by atoms with E-state index in [1.54, 1.807) is 22.6 Å². The van der Waals surface area contributed by atoms with E-state index in [0.717, 1.165) is 11.5 Å². The largest absolute Gasteiger partial charge is 0.790 e. The molecule has 6 atom stereocenters. The van der Waals surface area contributed by atoms with Crippen molar-refractivity contribution in [3.8, 4) is 0 Å². The van der Waals surface area contributed by atoms with Gasteiger partial charge in [0.2, 0.25) is 5.95 Å². The number of hydrogen-bond acceptors (Lipinski definition) is 17. The molecular weight excluding hydrogens is 646 g/mol. The lowest BCUT2D eigenvalue weighted by Crippen LogP contribution is -2.44. The highest BCUT2D eigenvalue weighted by Crippen LogP contribution is 2.60. The monoisotopic (exact) mass is 659 g/mol. The summed E-state index contributed by atoms with van der Waals surface area (Å²) in [5, 5.41) is 21.3. The van der Waals surface area contributed by atoms with E-state index >= 15 is 0 Å². The number of hydrogen-bond donors (Lipinski definition) is 4. The summed E-state index contributed by atoms with van der Waals surface area (Å²) >= 11 is 1.67. The first-order valence-corrected chi connectivity index (χ1v) is 14.0. The fraction of sp³-hybridized carbons (Fsp3) is 0.545. The van der Waals surface area contributed by atoms with E-state index in [4.69, 9.17) is 10.5 Å². The molecule has 1 aliphatic rings. The minimum absolute atomic E-state index is 0.0529. The number of anilines is 1. The average molecular weight is 659 g/mol. The molecule has 34 heavy (non-hydrogen) atoms. The molecule has 0 saturated carbocycles. The van der Waals surface area contributed by atoms with Crippen molar-refractivity contribution in [3.05, 3.63) is 14.2 Å². The second-order valence-corrected chi connectivity index (χ2v) is 12.1. The molecule has 2 aromatic heterocycles. The summed E-state index contributed by atoms with van der Waals surface area (Å²) in [6.45, 7) is -0.0614. The highest BCUT2D eigenvalue weighted by molar-refractivity contribution is 14.1. The molecule has 2 unspecified atom stereocenters. The molecule has 0 radical (unpaired) electrons. The number of nitrogen functional groups attached to an aromatic ring is 1. The molecule has 5 N–H and O–H groups in total. The third-order valence-corrected chi connectivity index (χ3v) is 8.74. The third-order valence-electron chi connectivity index (χ3n) is 4.31. The summed E-state index contributed by atoms with van der Waals surface area (Å²) in [5.74, 6) is -0.303. The Morgan fingerprint density at radius 2 is 1.85 bits per heavy atom. The number of rotatable bonds is 8. The molecule has 0 amide bonds. The molecule has 1 saturated heterocycles. The average Bonchev–Trinajstić information content (AvgIpc) is 3.04. The predicted molar refractivity (Wildman–Crippen MR) is 107 cm³/mol. The van der Waals surface area contributed by atoms with Gasteiger partial charge in [0.25, 0.3) is 21.2 Å². The van der Waals surface area contributed by atoms with Crippen LogP contribution in [0.4, 0.5) is 5.95 Å². The summed E-state index contributed by atoms with van der Waals surface area (Å²) in [7, 11) is -18.2. The lowest BCUT2D eigenvalue weighted by atomic mass is 9.96. The molecular formula is C11H13IN5O14P3-4. The fourth-order valence-electron chi connectivity index (χ4n) is 2.98. The van der Waals surface area contributed by atoms with Gasteiger partial charge in [0, 0.05) is 22.6 Å². The summed E-state index contributed by atoms with van der Waals surface area (Å²) in [5.41, 5.74) is 2.30. The number of phosphoric ester groups is 1. The van der Waals surface area contributed by atoms with E-state index in [2.05, 4.69) is 28.1 Å². The van der Waals surface area contributed by atoms with Crippen LogP contribution >= 0.6 is 46.1 Å². The zero-order valence-electron chi connectivity index (χ0n) is 16.4. The highest BCUT2D eigenvalue weighted by Gasteiger charge is 2.54. The standard InChI is InChI=1S/C11H17IN5O14P3/c1-11(20)5(18)3(2-28-33(24,25)31-34(26,27)30-32(21,22)23)29-8(11)17-6-4(14-9(17)12)7(19)16-10(13)15-6/h3,5,8,18,20H,2H2,1H3,(H,24,25)(H,26,27)(H2,21,22,23)(H3,13,15,16,19)/p-4/t3-,5-,8-,11-/m1/s1. The van der Waals surface area contributed by atoms with Crippen LogP contribution in [0, 0.1) is 3.83 Å². The Morgan fingerprint density at radius 1 is 1.24 bits per heavy atom. The molecule has 3 heterocycles. The number of phosphoric acid groups is 3. The zero-order valence-corrected chi connectivity index (χ0v) is 21.2. The highest BCUT2D eigenvalue weighted by atomic mass is 127. The van der Waals surface area contributed by atoms with Crippen molar-refractivity contribution in [2.24, 2.45) is 0 Å². The molecule has 192 valence electrons. The lowest BCUT2D eigenvalue weighted by Gasteiger charge is -2.37. The van der Waals surface area contributed by atoms with Crippen LogP contribution in [-0.2, 0) is 31.6 Å². The Balaban J connectivity index is 1.83. The number of aliphatic hydroxyl groups excluding tert-OH is 1. The Labute approximate surface area is 201 Å². The number of nitrogens with one attached hydrogen (secondary N) is 1. The van der Waals surface area contributed by atoms with Crippen molar-refractivity contribution in [2.45, 2.75) is 31.0 Å². The fourth-order valence-corrected chi connectivity index (χ4v) is 6.57. The van der Waals surface area contributed by atoms with Crippen molar-refractivity contribution in [2.75, 3.05) is 12.3 Å². The van der Waals surface area contributed by atoms with E-state index in [-0.39, 0.29) is 20.9 Å². The molecule has 1 fully saturated rings. The van der Waals surface area contributed by atoms with Gasteiger partial charge < -0.3 is 49.3 Å². The number of halogens is 1. The van der Waals surface area contributed by atoms with Crippen LogP contribution in [-0.4, -0.2) is 54.1 Å². The van der Waals surface area contributed by atoms with Gasteiger partial charge >= 0.3 is 0 Å². The van der Waals surface area contributed by atoms with Crippen molar-refractivity contribution < 1.29 is 61.4 Å². The van der Waals surface area contributed by atoms with Crippen LogP contribution in [0.15, 0.2) is 4.79 Å². The van der Waals surface area contributed by atoms with Gasteiger partial charge in [0.05, 0.1) is 14.4 Å². The summed E-state index contributed by atoms with van der Waals surface area (Å²) < 4.78 is 50.7. The smallest absolute Gasteiger partial charge is 0.280 e. The zero-order chi connectivity index (χ0) is 25.9. The number of H-pyrrole nitrogens is 1. The Hall–Kier alpha value is -0.830. The van der Waals surface area contributed by atoms with Crippen LogP contribution in [0.25, 0.3) is 11.2 Å². The lowest BCUT2D eigenvalue weighted by molar-refractivity contribution is -0.339. The van der Waals surface area contributed by atoms with Gasteiger partial charge in [-0.1, -0.05) is 0 Å². The first kappa shape index (κ1) is 27.8. The van der Waals surface area contributed by atoms with E-state index in [9.17, 15) is 48.3 Å². The molecule has 23 heteroatoms. The van der Waals surface area contributed by atoms with E-state index in [1.807, 2.05) is 0 Å². The maximum atomic E-state index is 12.1. The minimum Gasteiger partial charge on any atom is -0.790 e. The minimum atomic E-state index is -6.19. The third kappa shape index (κ3) is 5.93. The summed E-state index contributed by atoms with van der Waals surface area (Å²) in [6.07, 6.45) is -5.06. The van der Waals surface area contributed by atoms with Crippen LogP contribution in [0.1, 0.15) is 13.2 Å². The maximum absolute atomic E-state index is 12.1. The molecule has 0 aromatic carbocycles. The molecule has 2 aromatic rings. The van der Waals surface area contributed by atoms with Crippen molar-refractivity contribution >= 4 is 63.2 Å². The van der Waals surface area contributed by atoms with Gasteiger partial charge in [0.15, 0.2) is 21.2 Å². The molecule has 19 nitrogen and oxygen atoms in total. The SMILES string of the molecule is C[C@@]1(O)[C@H](O)[C@@H](COP(=O)([O-])OP(=O)([O-])OP(=O)([O-])[O-])O[C@H]1n1c(I)nc2c(=O)[nH]c(N)nc21. The van der Waals surface area contributed by atoms with Gasteiger partial charge in [-0.15, -0.1) is 0 Å². The molecule has 0 bridgehead atoms. The van der Waals surface area contributed by atoms with Gasteiger partial charge in [0.1, 0.15) is 17.8 Å². The Bertz CT molecular complexity index is 1310. The Morgan fingerprint density at radius 3 is 2.44 bits per heavy atom. The van der Waals surface area contributed by atoms with E-state index < -0.39 is 59.7 Å². The van der Waals surface area contributed by atoms with Gasteiger partial charge in [-0.25, -0.2) is 9.29 Å². The first-order valence-electron chi connectivity index (χ1n) is 8.53.